The van der Waals surface area contributed by atoms with E-state index in [4.69, 9.17) is 0 Å². The number of amides is 1. The van der Waals surface area contributed by atoms with Crippen molar-refractivity contribution in [3.63, 3.8) is 0 Å². The van der Waals surface area contributed by atoms with Gasteiger partial charge in [-0.25, -0.2) is 13.1 Å². The van der Waals surface area contributed by atoms with Gasteiger partial charge in [-0.15, -0.1) is 0 Å². The molecule has 1 fully saturated rings. The van der Waals surface area contributed by atoms with Gasteiger partial charge in [-0.05, 0) is 25.8 Å². The lowest BCUT2D eigenvalue weighted by atomic mass is 9.85. The molecule has 8 heteroatoms. The third kappa shape index (κ3) is 4.02. The molecular weight excluding hydrogens is 306 g/mol. The Hall–Kier alpha value is -1.51. The zero-order valence-electron chi connectivity index (χ0n) is 12.7. The number of piperidine rings is 1. The molecule has 0 spiro atoms. The smallest absolute Gasteiger partial charge is 0.240 e. The van der Waals surface area contributed by atoms with Crippen molar-refractivity contribution < 1.29 is 18.3 Å². The highest BCUT2D eigenvalue weighted by Gasteiger charge is 2.36. The predicted molar refractivity (Wildman–Crippen MR) is 81.4 cm³/mol. The van der Waals surface area contributed by atoms with Gasteiger partial charge in [-0.2, -0.15) is 0 Å². The Morgan fingerprint density at radius 3 is 2.59 bits per heavy atom. The van der Waals surface area contributed by atoms with E-state index >= 15 is 0 Å². The SMILES string of the molecule is C[C@H](NS(C)(=O)=O)C(=O)N1CCC(O)(c2cccnc2)CC1. The molecular formula is C14H21N3O4S. The van der Waals surface area contributed by atoms with Gasteiger partial charge in [0, 0.05) is 31.0 Å². The van der Waals surface area contributed by atoms with Crippen LogP contribution in [0, 0.1) is 0 Å². The van der Waals surface area contributed by atoms with Crippen molar-refractivity contribution in [2.45, 2.75) is 31.4 Å². The summed E-state index contributed by atoms with van der Waals surface area (Å²) in [7, 11) is -3.43. The van der Waals surface area contributed by atoms with Crippen LogP contribution in [0.1, 0.15) is 25.3 Å². The average Bonchev–Trinajstić information content (AvgIpc) is 2.46. The lowest BCUT2D eigenvalue weighted by molar-refractivity contribution is -0.137. The van der Waals surface area contributed by atoms with Crippen LogP contribution in [0.3, 0.4) is 0 Å². The fraction of sp³-hybridized carbons (Fsp3) is 0.571. The van der Waals surface area contributed by atoms with Gasteiger partial charge in [0.25, 0.3) is 0 Å². The maximum absolute atomic E-state index is 12.2. The molecule has 1 saturated heterocycles. The van der Waals surface area contributed by atoms with Gasteiger partial charge in [0.1, 0.15) is 0 Å². The first-order valence-electron chi connectivity index (χ1n) is 7.10. The third-order valence-electron chi connectivity index (χ3n) is 3.86. The van der Waals surface area contributed by atoms with E-state index in [1.54, 1.807) is 23.4 Å². The summed E-state index contributed by atoms with van der Waals surface area (Å²) < 4.78 is 24.7. The summed E-state index contributed by atoms with van der Waals surface area (Å²) in [5, 5.41) is 10.7. The normalized spacial score (nSPS) is 19.7. The first kappa shape index (κ1) is 16.9. The van der Waals surface area contributed by atoms with Gasteiger partial charge in [-0.3, -0.25) is 9.78 Å². The number of aliphatic hydroxyl groups is 1. The minimum Gasteiger partial charge on any atom is -0.385 e. The van der Waals surface area contributed by atoms with Crippen molar-refractivity contribution in [1.82, 2.24) is 14.6 Å². The molecule has 7 nitrogen and oxygen atoms in total. The summed E-state index contributed by atoms with van der Waals surface area (Å²) in [6.07, 6.45) is 5.09. The molecule has 22 heavy (non-hydrogen) atoms. The summed E-state index contributed by atoms with van der Waals surface area (Å²) >= 11 is 0. The van der Waals surface area contributed by atoms with E-state index in [0.717, 1.165) is 11.8 Å². The van der Waals surface area contributed by atoms with Gasteiger partial charge >= 0.3 is 0 Å². The number of likely N-dealkylation sites (tertiary alicyclic amines) is 1. The number of sulfonamides is 1. The summed E-state index contributed by atoms with van der Waals surface area (Å²) in [5.41, 5.74) is -0.247. The van der Waals surface area contributed by atoms with Gasteiger partial charge in [0.2, 0.25) is 15.9 Å². The van der Waals surface area contributed by atoms with Crippen molar-refractivity contribution in [3.05, 3.63) is 30.1 Å². The molecule has 1 aromatic rings. The second-order valence-electron chi connectivity index (χ2n) is 5.71. The van der Waals surface area contributed by atoms with E-state index in [0.29, 0.717) is 25.9 Å². The molecule has 0 aliphatic carbocycles. The number of hydrogen-bond donors (Lipinski definition) is 2. The molecule has 1 amide bonds. The van der Waals surface area contributed by atoms with E-state index < -0.39 is 21.7 Å². The molecule has 1 aliphatic rings. The molecule has 2 N–H and O–H groups in total. The van der Waals surface area contributed by atoms with Crippen LogP contribution in [0.15, 0.2) is 24.5 Å². The van der Waals surface area contributed by atoms with Crippen molar-refractivity contribution in [2.24, 2.45) is 0 Å². The second-order valence-corrected chi connectivity index (χ2v) is 7.49. The maximum atomic E-state index is 12.2. The Labute approximate surface area is 130 Å². The van der Waals surface area contributed by atoms with E-state index in [9.17, 15) is 18.3 Å². The average molecular weight is 327 g/mol. The number of carbonyl (C=O) groups is 1. The predicted octanol–water partition coefficient (Wildman–Crippen LogP) is -0.171. The summed E-state index contributed by atoms with van der Waals surface area (Å²) in [6, 6.07) is 2.78. The zero-order chi connectivity index (χ0) is 16.4. The van der Waals surface area contributed by atoms with Gasteiger partial charge in [0.15, 0.2) is 0 Å². The Morgan fingerprint density at radius 2 is 2.09 bits per heavy atom. The molecule has 122 valence electrons. The van der Waals surface area contributed by atoms with Gasteiger partial charge < -0.3 is 10.0 Å². The summed E-state index contributed by atoms with van der Waals surface area (Å²) in [4.78, 5) is 17.8. The monoisotopic (exact) mass is 327 g/mol. The number of pyridine rings is 1. The summed E-state index contributed by atoms with van der Waals surface area (Å²) in [5.74, 6) is -0.279. The Bertz CT molecular complexity index is 625. The Balaban J connectivity index is 1.99. The van der Waals surface area contributed by atoms with Crippen molar-refractivity contribution >= 4 is 15.9 Å². The molecule has 0 saturated carbocycles. The van der Waals surface area contributed by atoms with Crippen LogP contribution in [0.2, 0.25) is 0 Å². The highest BCUT2D eigenvalue weighted by atomic mass is 32.2. The van der Waals surface area contributed by atoms with Crippen LogP contribution < -0.4 is 4.72 Å². The largest absolute Gasteiger partial charge is 0.385 e. The number of rotatable bonds is 4. The standard InChI is InChI=1S/C14H21N3O4S/c1-11(16-22(2,20)21)13(18)17-8-5-14(19,6-9-17)12-4-3-7-15-10-12/h3-4,7,10-11,16,19H,5-6,8-9H2,1-2H3/t11-/m0/s1. The number of carbonyl (C=O) groups excluding carboxylic acids is 1. The van der Waals surface area contributed by atoms with Crippen LogP contribution in [0.25, 0.3) is 0 Å². The van der Waals surface area contributed by atoms with Crippen LogP contribution in [-0.2, 0) is 20.4 Å². The summed E-state index contributed by atoms with van der Waals surface area (Å²) in [6.45, 7) is 2.27. The first-order valence-corrected chi connectivity index (χ1v) is 8.99. The Kier molecular flexibility index (Phi) is 4.84. The fourth-order valence-electron chi connectivity index (χ4n) is 2.67. The molecule has 0 aromatic carbocycles. The highest BCUT2D eigenvalue weighted by Crippen LogP contribution is 2.32. The van der Waals surface area contributed by atoms with E-state index in [1.807, 2.05) is 6.07 Å². The van der Waals surface area contributed by atoms with Crippen molar-refractivity contribution in [3.8, 4) is 0 Å². The van der Waals surface area contributed by atoms with Crippen LogP contribution >= 0.6 is 0 Å². The molecule has 2 rings (SSSR count). The lowest BCUT2D eigenvalue weighted by Gasteiger charge is -2.39. The molecule has 2 heterocycles. The number of nitrogens with zero attached hydrogens (tertiary/aromatic N) is 2. The van der Waals surface area contributed by atoms with Crippen molar-refractivity contribution in [2.75, 3.05) is 19.3 Å². The molecule has 1 atom stereocenters. The zero-order valence-corrected chi connectivity index (χ0v) is 13.5. The molecule has 0 bridgehead atoms. The first-order chi connectivity index (χ1) is 10.2. The minimum atomic E-state index is -3.43. The second kappa shape index (κ2) is 6.31. The number of aromatic nitrogens is 1. The maximum Gasteiger partial charge on any atom is 0.240 e. The van der Waals surface area contributed by atoms with Gasteiger partial charge in [-0.1, -0.05) is 6.07 Å². The molecule has 0 unspecified atom stereocenters. The van der Waals surface area contributed by atoms with Crippen molar-refractivity contribution in [1.29, 1.82) is 0 Å². The van der Waals surface area contributed by atoms with Crippen LogP contribution in [0.5, 0.6) is 0 Å². The van der Waals surface area contributed by atoms with E-state index in [-0.39, 0.29) is 5.91 Å². The quantitative estimate of drug-likeness (QED) is 0.800. The van der Waals surface area contributed by atoms with Crippen LogP contribution in [0.4, 0.5) is 0 Å². The number of nitrogens with one attached hydrogen (secondary N) is 1. The van der Waals surface area contributed by atoms with Crippen LogP contribution in [-0.4, -0.2) is 54.7 Å². The number of hydrogen-bond acceptors (Lipinski definition) is 5. The molecule has 1 aromatic heterocycles. The van der Waals surface area contributed by atoms with Gasteiger partial charge in [0.05, 0.1) is 17.9 Å². The highest BCUT2D eigenvalue weighted by molar-refractivity contribution is 7.88. The molecule has 1 aliphatic heterocycles. The van der Waals surface area contributed by atoms with E-state index in [2.05, 4.69) is 9.71 Å². The molecule has 0 radical (unpaired) electrons. The lowest BCUT2D eigenvalue weighted by Crippen LogP contribution is -2.51. The fourth-order valence-corrected chi connectivity index (χ4v) is 3.41. The third-order valence-corrected chi connectivity index (χ3v) is 4.64. The topological polar surface area (TPSA) is 99.6 Å². The van der Waals surface area contributed by atoms with E-state index in [1.165, 1.54) is 6.92 Å². The Morgan fingerprint density at radius 1 is 1.45 bits per heavy atom. The minimum absolute atomic E-state index is 0.279.